The standard InChI is InChI=1S/C24H24ClN3O4/c1-12-10-15(25)11-16-19(12)26-23(32)24(16)18-17(20(27-24)13(2)29)21(30)28(22(18)31)9-8-14-6-4-3-5-7-14/h3-7,10-11,13,17-18,20,27,29H,8-9H2,1-2H3,(H,26,32)/t13-,17+,18+,20+,24-/m1/s1. The third-order valence-electron chi connectivity index (χ3n) is 7.00. The van der Waals surface area contributed by atoms with Crippen LogP contribution in [0.25, 0.3) is 0 Å². The van der Waals surface area contributed by atoms with Crippen LogP contribution in [0.15, 0.2) is 42.5 Å². The minimum absolute atomic E-state index is 0.223. The smallest absolute Gasteiger partial charge is 0.250 e. The van der Waals surface area contributed by atoms with Crippen LogP contribution >= 0.6 is 11.6 Å². The SMILES string of the molecule is Cc1cc(Cl)cc2c1NC(=O)[C@@]21N[C@@H]([C@@H](C)O)[C@H]2C(=O)N(CCc3ccccc3)C(=O)[C@H]21. The fourth-order valence-corrected chi connectivity index (χ4v) is 5.82. The largest absolute Gasteiger partial charge is 0.392 e. The normalized spacial score (nSPS) is 29.4. The van der Waals surface area contributed by atoms with Gasteiger partial charge in [0.15, 0.2) is 0 Å². The van der Waals surface area contributed by atoms with E-state index in [0.29, 0.717) is 22.7 Å². The van der Waals surface area contributed by atoms with Crippen molar-refractivity contribution in [3.05, 3.63) is 64.2 Å². The van der Waals surface area contributed by atoms with Gasteiger partial charge in [-0.2, -0.15) is 0 Å². The molecule has 2 saturated heterocycles. The summed E-state index contributed by atoms with van der Waals surface area (Å²) >= 11 is 6.31. The van der Waals surface area contributed by atoms with Gasteiger partial charge in [-0.25, -0.2) is 0 Å². The lowest BCUT2D eigenvalue weighted by Gasteiger charge is -2.30. The highest BCUT2D eigenvalue weighted by Crippen LogP contribution is 2.54. The van der Waals surface area contributed by atoms with Gasteiger partial charge < -0.3 is 10.4 Å². The summed E-state index contributed by atoms with van der Waals surface area (Å²) in [4.78, 5) is 41.7. The number of hydrogen-bond donors (Lipinski definition) is 3. The highest BCUT2D eigenvalue weighted by Gasteiger charge is 2.71. The van der Waals surface area contributed by atoms with Crippen LogP contribution in [0.3, 0.4) is 0 Å². The number of halogens is 1. The second-order valence-electron chi connectivity index (χ2n) is 8.89. The molecule has 32 heavy (non-hydrogen) atoms. The second kappa shape index (κ2) is 7.40. The molecule has 3 amide bonds. The van der Waals surface area contributed by atoms with Crippen LogP contribution in [0.4, 0.5) is 5.69 Å². The Hall–Kier alpha value is -2.74. The van der Waals surface area contributed by atoms with Crippen molar-refractivity contribution in [3.63, 3.8) is 0 Å². The zero-order chi connectivity index (χ0) is 22.8. The van der Waals surface area contributed by atoms with Gasteiger partial charge in [0, 0.05) is 28.9 Å². The fourth-order valence-electron chi connectivity index (χ4n) is 5.54. The van der Waals surface area contributed by atoms with Gasteiger partial charge in [-0.3, -0.25) is 24.6 Å². The molecule has 2 aromatic rings. The van der Waals surface area contributed by atoms with Gasteiger partial charge in [0.05, 0.1) is 17.9 Å². The first-order valence-electron chi connectivity index (χ1n) is 10.7. The van der Waals surface area contributed by atoms with Crippen LogP contribution in [-0.4, -0.2) is 46.4 Å². The number of carbonyl (C=O) groups is 3. The lowest BCUT2D eigenvalue weighted by atomic mass is 9.76. The number of carbonyl (C=O) groups excluding carboxylic acids is 3. The van der Waals surface area contributed by atoms with Crippen molar-refractivity contribution in [2.45, 2.75) is 38.0 Å². The Bertz CT molecular complexity index is 1140. The van der Waals surface area contributed by atoms with Gasteiger partial charge in [-0.05, 0) is 43.5 Å². The van der Waals surface area contributed by atoms with Crippen LogP contribution in [0.2, 0.25) is 5.02 Å². The van der Waals surface area contributed by atoms with Crippen molar-refractivity contribution in [3.8, 4) is 0 Å². The molecule has 7 nitrogen and oxygen atoms in total. The number of rotatable bonds is 4. The van der Waals surface area contributed by atoms with E-state index in [1.165, 1.54) is 4.90 Å². The third-order valence-corrected chi connectivity index (χ3v) is 7.22. The van der Waals surface area contributed by atoms with E-state index < -0.39 is 41.3 Å². The van der Waals surface area contributed by atoms with E-state index in [1.807, 2.05) is 37.3 Å². The van der Waals surface area contributed by atoms with Gasteiger partial charge in [0.2, 0.25) is 17.7 Å². The van der Waals surface area contributed by atoms with E-state index in [1.54, 1.807) is 19.1 Å². The molecule has 3 N–H and O–H groups in total. The maximum Gasteiger partial charge on any atom is 0.250 e. The minimum Gasteiger partial charge on any atom is -0.392 e. The average molecular weight is 454 g/mol. The van der Waals surface area contributed by atoms with Gasteiger partial charge in [0.1, 0.15) is 5.54 Å². The summed E-state index contributed by atoms with van der Waals surface area (Å²) in [6.45, 7) is 3.62. The Labute approximate surface area is 190 Å². The molecule has 0 radical (unpaired) electrons. The summed E-state index contributed by atoms with van der Waals surface area (Å²) in [5, 5.41) is 17.0. The summed E-state index contributed by atoms with van der Waals surface area (Å²) in [6.07, 6.45) is -0.421. The lowest BCUT2D eigenvalue weighted by molar-refractivity contribution is -0.143. The molecule has 166 valence electrons. The summed E-state index contributed by atoms with van der Waals surface area (Å²) in [5.41, 5.74) is 1.48. The second-order valence-corrected chi connectivity index (χ2v) is 9.32. The molecular formula is C24H24ClN3O4. The van der Waals surface area contributed by atoms with Crippen molar-refractivity contribution in [1.29, 1.82) is 0 Å². The molecule has 8 heteroatoms. The van der Waals surface area contributed by atoms with Crippen LogP contribution < -0.4 is 10.6 Å². The summed E-state index contributed by atoms with van der Waals surface area (Å²) < 4.78 is 0. The number of anilines is 1. The molecule has 2 fully saturated rings. The number of nitrogens with zero attached hydrogens (tertiary/aromatic N) is 1. The molecular weight excluding hydrogens is 430 g/mol. The number of aryl methyl sites for hydroxylation is 1. The summed E-state index contributed by atoms with van der Waals surface area (Å²) in [7, 11) is 0. The molecule has 0 unspecified atom stereocenters. The number of amides is 3. The van der Waals surface area contributed by atoms with Crippen molar-refractivity contribution in [2.75, 3.05) is 11.9 Å². The highest BCUT2D eigenvalue weighted by molar-refractivity contribution is 6.31. The first-order valence-corrected chi connectivity index (χ1v) is 11.1. The van der Waals surface area contributed by atoms with Crippen LogP contribution in [0.5, 0.6) is 0 Å². The molecule has 0 aromatic heterocycles. The molecule has 0 saturated carbocycles. The summed E-state index contributed by atoms with van der Waals surface area (Å²) in [6, 6.07) is 12.3. The van der Waals surface area contributed by atoms with Gasteiger partial charge in [-0.1, -0.05) is 41.9 Å². The van der Waals surface area contributed by atoms with Crippen molar-refractivity contribution >= 4 is 35.0 Å². The van der Waals surface area contributed by atoms with Crippen molar-refractivity contribution in [2.24, 2.45) is 11.8 Å². The molecule has 0 aliphatic carbocycles. The predicted molar refractivity (Wildman–Crippen MR) is 119 cm³/mol. The number of fused-ring (bicyclic) bond motifs is 4. The van der Waals surface area contributed by atoms with Crippen molar-refractivity contribution in [1.82, 2.24) is 10.2 Å². The molecule has 2 aromatic carbocycles. The minimum atomic E-state index is -1.45. The lowest BCUT2D eigenvalue weighted by Crippen LogP contribution is -2.55. The first-order chi connectivity index (χ1) is 15.3. The van der Waals surface area contributed by atoms with Gasteiger partial charge >= 0.3 is 0 Å². The molecule has 3 heterocycles. The van der Waals surface area contributed by atoms with E-state index in [4.69, 9.17) is 11.6 Å². The highest BCUT2D eigenvalue weighted by atomic mass is 35.5. The molecule has 3 aliphatic heterocycles. The van der Waals surface area contributed by atoms with Gasteiger partial charge in [0.25, 0.3) is 0 Å². The van der Waals surface area contributed by atoms with Crippen LogP contribution in [-0.2, 0) is 26.3 Å². The average Bonchev–Trinajstić information content (AvgIpc) is 3.34. The number of benzene rings is 2. The molecule has 1 spiro atoms. The maximum absolute atomic E-state index is 13.6. The first kappa shape index (κ1) is 21.1. The predicted octanol–water partition coefficient (Wildman–Crippen LogP) is 1.99. The Morgan fingerprint density at radius 3 is 2.56 bits per heavy atom. The number of likely N-dealkylation sites (tertiary alicyclic amines) is 1. The Morgan fingerprint density at radius 2 is 1.88 bits per heavy atom. The molecule has 0 bridgehead atoms. The number of nitrogens with one attached hydrogen (secondary N) is 2. The van der Waals surface area contributed by atoms with Crippen LogP contribution in [0, 0.1) is 18.8 Å². The zero-order valence-corrected chi connectivity index (χ0v) is 18.5. The van der Waals surface area contributed by atoms with E-state index in [2.05, 4.69) is 10.6 Å². The topological polar surface area (TPSA) is 98.7 Å². The van der Waals surface area contributed by atoms with E-state index >= 15 is 0 Å². The maximum atomic E-state index is 13.6. The monoisotopic (exact) mass is 453 g/mol. The summed E-state index contributed by atoms with van der Waals surface area (Å²) in [5.74, 6) is -2.95. The Kier molecular flexibility index (Phi) is 4.89. The zero-order valence-electron chi connectivity index (χ0n) is 17.8. The Morgan fingerprint density at radius 1 is 1.16 bits per heavy atom. The molecule has 3 aliphatic rings. The van der Waals surface area contributed by atoms with Crippen LogP contribution in [0.1, 0.15) is 23.6 Å². The van der Waals surface area contributed by atoms with E-state index in [0.717, 1.165) is 11.1 Å². The van der Waals surface area contributed by atoms with E-state index in [9.17, 15) is 19.5 Å². The Balaban J connectivity index is 1.58. The number of aliphatic hydroxyl groups is 1. The number of imide groups is 1. The number of aliphatic hydroxyl groups excluding tert-OH is 1. The van der Waals surface area contributed by atoms with Crippen molar-refractivity contribution < 1.29 is 19.5 Å². The third kappa shape index (κ3) is 2.85. The molecule has 5 rings (SSSR count). The van der Waals surface area contributed by atoms with E-state index in [-0.39, 0.29) is 12.5 Å². The fraction of sp³-hybridized carbons (Fsp3) is 0.375. The van der Waals surface area contributed by atoms with Gasteiger partial charge in [-0.15, -0.1) is 0 Å². The number of hydrogen-bond acceptors (Lipinski definition) is 5. The quantitative estimate of drug-likeness (QED) is 0.615. The molecule has 5 atom stereocenters.